The van der Waals surface area contributed by atoms with Gasteiger partial charge in [-0.15, -0.1) is 0 Å². The van der Waals surface area contributed by atoms with Crippen molar-refractivity contribution in [2.45, 2.75) is 6.42 Å². The van der Waals surface area contributed by atoms with Gasteiger partial charge in [-0.3, -0.25) is 4.79 Å². The number of urea groups is 1. The first-order valence-electron chi connectivity index (χ1n) is 4.37. The van der Waals surface area contributed by atoms with Crippen molar-refractivity contribution in [1.82, 2.24) is 15.5 Å². The Bertz CT molecular complexity index is 195. The van der Waals surface area contributed by atoms with E-state index in [0.29, 0.717) is 13.1 Å². The third-order valence-corrected chi connectivity index (χ3v) is 2.31. The van der Waals surface area contributed by atoms with Gasteiger partial charge in [-0.1, -0.05) is 0 Å². The molecule has 1 fully saturated rings. The maximum atomic E-state index is 11.2. The Hall–Kier alpha value is -1.26. The van der Waals surface area contributed by atoms with E-state index in [9.17, 15) is 9.59 Å². The first-order valence-corrected chi connectivity index (χ1v) is 4.37. The van der Waals surface area contributed by atoms with E-state index in [1.54, 1.807) is 19.0 Å². The Labute approximate surface area is 77.5 Å². The van der Waals surface area contributed by atoms with E-state index in [1.807, 2.05) is 0 Å². The number of hydrogen-bond donors (Lipinski definition) is 2. The topological polar surface area (TPSA) is 61.4 Å². The van der Waals surface area contributed by atoms with Gasteiger partial charge in [-0.2, -0.15) is 0 Å². The highest BCUT2D eigenvalue weighted by Crippen LogP contribution is 2.15. The fourth-order valence-electron chi connectivity index (χ4n) is 1.52. The Balaban J connectivity index is 2.44. The normalized spacial score (nSPS) is 21.4. The van der Waals surface area contributed by atoms with Gasteiger partial charge >= 0.3 is 6.03 Å². The van der Waals surface area contributed by atoms with E-state index in [1.165, 1.54) is 0 Å². The van der Waals surface area contributed by atoms with Gasteiger partial charge in [0, 0.05) is 27.2 Å². The average molecular weight is 185 g/mol. The van der Waals surface area contributed by atoms with Gasteiger partial charge in [0.05, 0.1) is 5.92 Å². The number of nitrogens with one attached hydrogen (secondary N) is 2. The van der Waals surface area contributed by atoms with Gasteiger partial charge in [-0.25, -0.2) is 4.79 Å². The van der Waals surface area contributed by atoms with Gasteiger partial charge in [0.2, 0.25) is 5.91 Å². The molecule has 0 bridgehead atoms. The zero-order valence-corrected chi connectivity index (χ0v) is 7.96. The highest BCUT2D eigenvalue weighted by atomic mass is 16.2. The second kappa shape index (κ2) is 4.11. The quantitative estimate of drug-likeness (QED) is 0.572. The fourth-order valence-corrected chi connectivity index (χ4v) is 1.52. The molecule has 0 aliphatic carbocycles. The highest BCUT2D eigenvalue weighted by Gasteiger charge is 2.29. The Kier molecular flexibility index (Phi) is 3.11. The summed E-state index contributed by atoms with van der Waals surface area (Å²) in [6, 6.07) is -0.105. The van der Waals surface area contributed by atoms with Crippen LogP contribution in [0.4, 0.5) is 4.79 Å². The van der Waals surface area contributed by atoms with Crippen LogP contribution in [0.5, 0.6) is 0 Å². The van der Waals surface area contributed by atoms with Crippen molar-refractivity contribution in [2.75, 3.05) is 27.2 Å². The summed E-state index contributed by atoms with van der Waals surface area (Å²) in [7, 11) is 3.21. The Morgan fingerprint density at radius 1 is 1.31 bits per heavy atom. The molecule has 1 saturated heterocycles. The lowest BCUT2D eigenvalue weighted by Gasteiger charge is -2.14. The summed E-state index contributed by atoms with van der Waals surface area (Å²) in [5.41, 5.74) is 0. The van der Waals surface area contributed by atoms with Crippen LogP contribution in [-0.4, -0.2) is 44.0 Å². The first-order chi connectivity index (χ1) is 6.19. The number of rotatable bonds is 1. The minimum atomic E-state index is -0.105. The molecule has 5 nitrogen and oxygen atoms in total. The molecular formula is C8H15N3O2. The zero-order valence-electron chi connectivity index (χ0n) is 7.96. The summed E-state index contributed by atoms with van der Waals surface area (Å²) < 4.78 is 0. The number of amides is 3. The van der Waals surface area contributed by atoms with Gasteiger partial charge in [0.15, 0.2) is 0 Å². The van der Waals surface area contributed by atoms with Crippen molar-refractivity contribution in [3.8, 4) is 0 Å². The van der Waals surface area contributed by atoms with Crippen LogP contribution in [0.2, 0.25) is 0 Å². The van der Waals surface area contributed by atoms with Crippen LogP contribution in [-0.2, 0) is 4.79 Å². The van der Waals surface area contributed by atoms with Crippen molar-refractivity contribution in [2.24, 2.45) is 5.92 Å². The summed E-state index contributed by atoms with van der Waals surface area (Å²) in [5, 5.41) is 5.13. The van der Waals surface area contributed by atoms with Gasteiger partial charge in [-0.05, 0) is 6.42 Å². The molecule has 1 heterocycles. The molecule has 0 saturated carbocycles. The number of hydrogen-bond acceptors (Lipinski definition) is 2. The van der Waals surface area contributed by atoms with Crippen molar-refractivity contribution in [3.05, 3.63) is 0 Å². The lowest BCUT2D eigenvalue weighted by molar-refractivity contribution is -0.124. The van der Waals surface area contributed by atoms with Crippen LogP contribution in [0.25, 0.3) is 0 Å². The van der Waals surface area contributed by atoms with Crippen LogP contribution in [0, 0.1) is 5.92 Å². The van der Waals surface area contributed by atoms with E-state index < -0.39 is 0 Å². The number of carbonyl (C=O) groups excluding carboxylic acids is 2. The van der Waals surface area contributed by atoms with Crippen molar-refractivity contribution in [3.63, 3.8) is 0 Å². The van der Waals surface area contributed by atoms with E-state index in [2.05, 4.69) is 10.6 Å². The molecule has 1 aliphatic heterocycles. The Morgan fingerprint density at radius 3 is 2.54 bits per heavy atom. The first kappa shape index (κ1) is 9.83. The van der Waals surface area contributed by atoms with Crippen molar-refractivity contribution < 1.29 is 9.59 Å². The van der Waals surface area contributed by atoms with Crippen molar-refractivity contribution in [1.29, 1.82) is 0 Å². The summed E-state index contributed by atoms with van der Waals surface area (Å²) >= 11 is 0. The third-order valence-electron chi connectivity index (χ3n) is 2.31. The molecule has 1 aliphatic rings. The maximum Gasteiger partial charge on any atom is 0.317 e. The highest BCUT2D eigenvalue weighted by molar-refractivity contribution is 5.81. The molecule has 0 aromatic carbocycles. The monoisotopic (exact) mass is 185 g/mol. The molecule has 13 heavy (non-hydrogen) atoms. The zero-order chi connectivity index (χ0) is 9.84. The maximum absolute atomic E-state index is 11.2. The summed E-state index contributed by atoms with van der Waals surface area (Å²) in [6.07, 6.45) is 0.757. The molecule has 1 unspecified atom stereocenters. The standard InChI is InChI=1S/C8H15N3O2/c1-9-7(12)6-3-4-11(5-6)8(13)10-2/h6H,3-5H2,1-2H3,(H,9,12)(H,10,13). The lowest BCUT2D eigenvalue weighted by Crippen LogP contribution is -2.37. The second-order valence-electron chi connectivity index (χ2n) is 3.10. The smallest absolute Gasteiger partial charge is 0.317 e. The molecule has 74 valence electrons. The lowest BCUT2D eigenvalue weighted by atomic mass is 10.1. The average Bonchev–Trinajstić information content (AvgIpc) is 2.64. The molecule has 0 aromatic heterocycles. The third kappa shape index (κ3) is 2.11. The predicted molar refractivity (Wildman–Crippen MR) is 48.2 cm³/mol. The van der Waals surface area contributed by atoms with Gasteiger partial charge in [0.25, 0.3) is 0 Å². The van der Waals surface area contributed by atoms with Crippen LogP contribution >= 0.6 is 0 Å². The minimum Gasteiger partial charge on any atom is -0.359 e. The number of carbonyl (C=O) groups is 2. The summed E-state index contributed by atoms with van der Waals surface area (Å²) in [4.78, 5) is 24.0. The molecule has 0 spiro atoms. The van der Waals surface area contributed by atoms with Crippen LogP contribution < -0.4 is 10.6 Å². The fraction of sp³-hybridized carbons (Fsp3) is 0.750. The molecule has 1 atom stereocenters. The number of likely N-dealkylation sites (tertiary alicyclic amines) is 1. The molecule has 1 rings (SSSR count). The Morgan fingerprint density at radius 2 is 2.00 bits per heavy atom. The summed E-state index contributed by atoms with van der Waals surface area (Å²) in [5.74, 6) is -0.0197. The van der Waals surface area contributed by atoms with Gasteiger partial charge in [0.1, 0.15) is 0 Å². The second-order valence-corrected chi connectivity index (χ2v) is 3.10. The molecule has 0 aromatic rings. The van der Waals surface area contributed by atoms with E-state index in [-0.39, 0.29) is 17.9 Å². The van der Waals surface area contributed by atoms with Crippen LogP contribution in [0.15, 0.2) is 0 Å². The molecule has 5 heteroatoms. The van der Waals surface area contributed by atoms with Crippen LogP contribution in [0.3, 0.4) is 0 Å². The summed E-state index contributed by atoms with van der Waals surface area (Å²) in [6.45, 7) is 1.19. The molecular weight excluding hydrogens is 170 g/mol. The van der Waals surface area contributed by atoms with Crippen molar-refractivity contribution >= 4 is 11.9 Å². The molecule has 0 radical (unpaired) electrons. The molecule has 3 amide bonds. The van der Waals surface area contributed by atoms with E-state index in [4.69, 9.17) is 0 Å². The van der Waals surface area contributed by atoms with E-state index in [0.717, 1.165) is 6.42 Å². The number of nitrogens with zero attached hydrogens (tertiary/aromatic N) is 1. The minimum absolute atomic E-state index is 0.0198. The SMILES string of the molecule is CNC(=O)C1CCN(C(=O)NC)C1. The van der Waals surface area contributed by atoms with Crippen LogP contribution in [0.1, 0.15) is 6.42 Å². The molecule has 2 N–H and O–H groups in total. The van der Waals surface area contributed by atoms with E-state index >= 15 is 0 Å². The largest absolute Gasteiger partial charge is 0.359 e. The predicted octanol–water partition coefficient (Wildman–Crippen LogP) is -0.606. The van der Waals surface area contributed by atoms with Gasteiger partial charge < -0.3 is 15.5 Å².